The number of carbonyl (C=O) groups excluding carboxylic acids is 1. The van der Waals surface area contributed by atoms with Crippen molar-refractivity contribution in [3.05, 3.63) is 42.0 Å². The molecular weight excluding hydrogens is 440 g/mol. The maximum absolute atomic E-state index is 13.1. The van der Waals surface area contributed by atoms with E-state index in [2.05, 4.69) is 10.0 Å². The summed E-state index contributed by atoms with van der Waals surface area (Å²) >= 11 is 0. The zero-order chi connectivity index (χ0) is 23.0. The van der Waals surface area contributed by atoms with Gasteiger partial charge in [-0.2, -0.15) is 0 Å². The molecule has 0 aliphatic carbocycles. The normalized spacial score (nSPS) is 13.9. The van der Waals surface area contributed by atoms with Gasteiger partial charge in [0, 0.05) is 39.8 Å². The number of nitrogens with one attached hydrogen (secondary N) is 2. The van der Waals surface area contributed by atoms with Gasteiger partial charge in [-0.3, -0.25) is 9.52 Å². The van der Waals surface area contributed by atoms with E-state index in [1.54, 1.807) is 17.0 Å². The molecule has 0 spiro atoms. The van der Waals surface area contributed by atoms with Gasteiger partial charge in [-0.25, -0.2) is 21.1 Å². The molecule has 0 unspecified atom stereocenters. The lowest BCUT2D eigenvalue weighted by atomic mass is 10.2. The number of sulfonamides is 2. The lowest BCUT2D eigenvalue weighted by molar-refractivity contribution is -0.116. The van der Waals surface area contributed by atoms with E-state index in [-0.39, 0.29) is 21.4 Å². The third-order valence-electron chi connectivity index (χ3n) is 5.02. The summed E-state index contributed by atoms with van der Waals surface area (Å²) in [5.41, 5.74) is 2.08. The molecule has 2 N–H and O–H groups in total. The molecule has 3 rings (SSSR count). The SMILES string of the molecule is CCNc1ccc(S(=O)(=O)N(C)C)cc1NS(=O)(=O)c1ccc2c(c1)CCN2C(C)=O. The van der Waals surface area contributed by atoms with Crippen LogP contribution in [0.5, 0.6) is 0 Å². The Bertz CT molecular complexity index is 1220. The van der Waals surface area contributed by atoms with Crippen molar-refractivity contribution in [1.82, 2.24) is 4.31 Å². The number of nitrogens with zero attached hydrogens (tertiary/aromatic N) is 2. The first-order chi connectivity index (χ1) is 14.5. The molecule has 1 aliphatic rings. The van der Waals surface area contributed by atoms with Crippen LogP contribution in [0.25, 0.3) is 0 Å². The minimum atomic E-state index is -4.00. The molecule has 9 nitrogen and oxygen atoms in total. The van der Waals surface area contributed by atoms with E-state index < -0.39 is 20.0 Å². The Hall–Kier alpha value is -2.63. The molecule has 0 fully saturated rings. The van der Waals surface area contributed by atoms with Gasteiger partial charge in [0.2, 0.25) is 15.9 Å². The van der Waals surface area contributed by atoms with Crippen LogP contribution in [-0.2, 0) is 31.3 Å². The van der Waals surface area contributed by atoms with Crippen LogP contribution in [0.3, 0.4) is 0 Å². The highest BCUT2D eigenvalue weighted by molar-refractivity contribution is 7.92. The second-order valence-corrected chi connectivity index (χ2v) is 11.2. The van der Waals surface area contributed by atoms with Crippen LogP contribution >= 0.6 is 0 Å². The Kier molecular flexibility index (Phi) is 6.30. The van der Waals surface area contributed by atoms with Gasteiger partial charge < -0.3 is 10.2 Å². The topological polar surface area (TPSA) is 116 Å². The summed E-state index contributed by atoms with van der Waals surface area (Å²) in [6.07, 6.45) is 0.567. The van der Waals surface area contributed by atoms with Crippen molar-refractivity contribution in [1.29, 1.82) is 0 Å². The molecular formula is C20H26N4O5S2. The predicted molar refractivity (Wildman–Crippen MR) is 120 cm³/mol. The second kappa shape index (κ2) is 8.48. The fraction of sp³-hybridized carbons (Fsp3) is 0.350. The molecule has 11 heteroatoms. The Labute approximate surface area is 183 Å². The molecule has 0 atom stereocenters. The summed E-state index contributed by atoms with van der Waals surface area (Å²) in [5, 5.41) is 3.04. The highest BCUT2D eigenvalue weighted by Gasteiger charge is 2.26. The van der Waals surface area contributed by atoms with Crippen LogP contribution in [0.15, 0.2) is 46.2 Å². The third kappa shape index (κ3) is 4.53. The molecule has 2 aromatic carbocycles. The summed E-state index contributed by atoms with van der Waals surface area (Å²) in [6.45, 7) is 4.35. The average molecular weight is 467 g/mol. The first-order valence-corrected chi connectivity index (χ1v) is 12.6. The summed E-state index contributed by atoms with van der Waals surface area (Å²) in [7, 11) is -4.92. The molecule has 31 heavy (non-hydrogen) atoms. The van der Waals surface area contributed by atoms with E-state index in [0.29, 0.717) is 30.9 Å². The number of amides is 1. The van der Waals surface area contributed by atoms with Crippen LogP contribution in [0.4, 0.5) is 17.1 Å². The minimum Gasteiger partial charge on any atom is -0.384 e. The number of hydrogen-bond donors (Lipinski definition) is 2. The number of rotatable bonds is 7. The van der Waals surface area contributed by atoms with Gasteiger partial charge >= 0.3 is 0 Å². The summed E-state index contributed by atoms with van der Waals surface area (Å²) in [6, 6.07) is 8.87. The van der Waals surface area contributed by atoms with Crippen molar-refractivity contribution in [2.45, 2.75) is 30.1 Å². The Morgan fingerprint density at radius 1 is 1.03 bits per heavy atom. The number of carbonyl (C=O) groups is 1. The Morgan fingerprint density at radius 3 is 2.32 bits per heavy atom. The van der Waals surface area contributed by atoms with E-state index in [1.165, 1.54) is 45.3 Å². The summed E-state index contributed by atoms with van der Waals surface area (Å²) in [5.74, 6) is -0.0957. The van der Waals surface area contributed by atoms with Crippen molar-refractivity contribution in [3.63, 3.8) is 0 Å². The molecule has 1 heterocycles. The number of benzene rings is 2. The minimum absolute atomic E-state index is 0.0251. The molecule has 0 saturated carbocycles. The first-order valence-electron chi connectivity index (χ1n) is 9.71. The van der Waals surface area contributed by atoms with Gasteiger partial charge in [0.15, 0.2) is 0 Å². The van der Waals surface area contributed by atoms with Gasteiger partial charge in [-0.05, 0) is 55.3 Å². The van der Waals surface area contributed by atoms with E-state index in [4.69, 9.17) is 0 Å². The highest BCUT2D eigenvalue weighted by Crippen LogP contribution is 2.32. The van der Waals surface area contributed by atoms with E-state index in [1.807, 2.05) is 6.92 Å². The van der Waals surface area contributed by atoms with Crippen molar-refractivity contribution >= 4 is 43.0 Å². The standard InChI is InChI=1S/C20H26N4O5S2/c1-5-21-18-8-6-17(31(28,29)23(3)4)13-19(18)22-30(26,27)16-7-9-20-15(12-16)10-11-24(20)14(2)25/h6-9,12-13,21-22H,5,10-11H2,1-4H3. The maximum atomic E-state index is 13.1. The van der Waals surface area contributed by atoms with Gasteiger partial charge in [0.1, 0.15) is 0 Å². The molecule has 0 saturated heterocycles. The molecule has 0 bridgehead atoms. The zero-order valence-corrected chi connectivity index (χ0v) is 19.5. The maximum Gasteiger partial charge on any atom is 0.261 e. The fourth-order valence-electron chi connectivity index (χ4n) is 3.40. The van der Waals surface area contributed by atoms with Crippen molar-refractivity contribution < 1.29 is 21.6 Å². The molecule has 0 radical (unpaired) electrons. The Morgan fingerprint density at radius 2 is 1.71 bits per heavy atom. The molecule has 2 aromatic rings. The fourth-order valence-corrected chi connectivity index (χ4v) is 5.45. The van der Waals surface area contributed by atoms with Crippen LogP contribution in [0.2, 0.25) is 0 Å². The largest absolute Gasteiger partial charge is 0.384 e. The van der Waals surface area contributed by atoms with Crippen molar-refractivity contribution in [3.8, 4) is 0 Å². The third-order valence-corrected chi connectivity index (χ3v) is 8.19. The van der Waals surface area contributed by atoms with Gasteiger partial charge in [0.05, 0.1) is 21.2 Å². The van der Waals surface area contributed by atoms with Crippen LogP contribution in [0.1, 0.15) is 19.4 Å². The lowest BCUT2D eigenvalue weighted by Gasteiger charge is -2.18. The number of anilines is 3. The predicted octanol–water partition coefficient (Wildman–Crippen LogP) is 2.08. The molecule has 168 valence electrons. The smallest absolute Gasteiger partial charge is 0.261 e. The first kappa shape index (κ1) is 23.0. The molecule has 1 amide bonds. The molecule has 0 aromatic heterocycles. The monoisotopic (exact) mass is 466 g/mol. The number of fused-ring (bicyclic) bond motifs is 1. The van der Waals surface area contributed by atoms with Gasteiger partial charge in [-0.15, -0.1) is 0 Å². The van der Waals surface area contributed by atoms with E-state index in [0.717, 1.165) is 9.87 Å². The van der Waals surface area contributed by atoms with E-state index in [9.17, 15) is 21.6 Å². The second-order valence-electron chi connectivity index (χ2n) is 7.34. The lowest BCUT2D eigenvalue weighted by Crippen LogP contribution is -2.25. The average Bonchev–Trinajstić information content (AvgIpc) is 3.12. The van der Waals surface area contributed by atoms with Crippen molar-refractivity contribution in [2.75, 3.05) is 42.1 Å². The van der Waals surface area contributed by atoms with Crippen molar-refractivity contribution in [2.24, 2.45) is 0 Å². The van der Waals surface area contributed by atoms with Crippen LogP contribution in [-0.4, -0.2) is 54.2 Å². The van der Waals surface area contributed by atoms with Crippen LogP contribution in [0, 0.1) is 0 Å². The number of hydrogen-bond acceptors (Lipinski definition) is 6. The zero-order valence-electron chi connectivity index (χ0n) is 17.8. The van der Waals surface area contributed by atoms with Gasteiger partial charge in [0.25, 0.3) is 10.0 Å². The summed E-state index contributed by atoms with van der Waals surface area (Å²) in [4.78, 5) is 13.4. The molecule has 1 aliphatic heterocycles. The van der Waals surface area contributed by atoms with Gasteiger partial charge in [-0.1, -0.05) is 0 Å². The highest BCUT2D eigenvalue weighted by atomic mass is 32.2. The van der Waals surface area contributed by atoms with E-state index >= 15 is 0 Å². The Balaban J connectivity index is 2.00. The summed E-state index contributed by atoms with van der Waals surface area (Å²) < 4.78 is 54.8. The quantitative estimate of drug-likeness (QED) is 0.645. The van der Waals surface area contributed by atoms with Crippen LogP contribution < -0.4 is 14.9 Å².